The Bertz CT molecular complexity index is 119. The molecule has 0 saturated carbocycles. The third-order valence-electron chi connectivity index (χ3n) is 1.75. The van der Waals surface area contributed by atoms with Crippen LogP contribution >= 0.6 is 11.6 Å². The first-order valence-corrected chi connectivity index (χ1v) is 8.28. The second-order valence-corrected chi connectivity index (χ2v) is 9.61. The van der Waals surface area contributed by atoms with Crippen LogP contribution in [0.1, 0.15) is 19.8 Å². The van der Waals surface area contributed by atoms with Gasteiger partial charge in [0.15, 0.2) is 0 Å². The van der Waals surface area contributed by atoms with Gasteiger partial charge in [-0.3, -0.25) is 0 Å². The lowest BCUT2D eigenvalue weighted by molar-refractivity contribution is 1.12. The summed E-state index contributed by atoms with van der Waals surface area (Å²) in [5, 5.41) is 0. The SMILES string of the molecule is CCC=CCC[Si](C)(C)CCl. The molecule has 0 bridgehead atoms. The Morgan fingerprint density at radius 2 is 1.91 bits per heavy atom. The lowest BCUT2D eigenvalue weighted by Gasteiger charge is -2.16. The summed E-state index contributed by atoms with van der Waals surface area (Å²) in [5.74, 6) is 0. The second kappa shape index (κ2) is 5.84. The van der Waals surface area contributed by atoms with Gasteiger partial charge in [-0.2, -0.15) is 0 Å². The van der Waals surface area contributed by atoms with E-state index in [0.29, 0.717) is 0 Å². The maximum absolute atomic E-state index is 5.84. The highest BCUT2D eigenvalue weighted by atomic mass is 35.5. The molecule has 66 valence electrons. The summed E-state index contributed by atoms with van der Waals surface area (Å²) in [5.41, 5.74) is 0.896. The minimum atomic E-state index is -1.01. The van der Waals surface area contributed by atoms with Crippen LogP contribution < -0.4 is 0 Å². The molecule has 0 aromatic heterocycles. The van der Waals surface area contributed by atoms with E-state index in [1.807, 2.05) is 0 Å². The zero-order chi connectivity index (χ0) is 8.74. The first kappa shape index (κ1) is 11.2. The van der Waals surface area contributed by atoms with E-state index in [0.717, 1.165) is 11.9 Å². The van der Waals surface area contributed by atoms with E-state index in [1.54, 1.807) is 0 Å². The molecule has 0 unspecified atom stereocenters. The highest BCUT2D eigenvalue weighted by Gasteiger charge is 2.17. The summed E-state index contributed by atoms with van der Waals surface area (Å²) in [6, 6.07) is 1.33. The van der Waals surface area contributed by atoms with Crippen LogP contribution in [0, 0.1) is 0 Å². The minimum absolute atomic E-state index is 0.896. The fourth-order valence-electron chi connectivity index (χ4n) is 0.825. The molecule has 0 aliphatic carbocycles. The maximum atomic E-state index is 5.84. The molecular weight excluding hydrogens is 172 g/mol. The summed E-state index contributed by atoms with van der Waals surface area (Å²) >= 11 is 5.84. The maximum Gasteiger partial charge on any atom is 0.0642 e. The topological polar surface area (TPSA) is 0 Å². The predicted molar refractivity (Wildman–Crippen MR) is 57.1 cm³/mol. The Labute approximate surface area is 76.7 Å². The molecule has 11 heavy (non-hydrogen) atoms. The molecule has 0 aliphatic heterocycles. The average Bonchev–Trinajstić information content (AvgIpc) is 1.99. The molecule has 0 aromatic rings. The van der Waals surface area contributed by atoms with E-state index in [-0.39, 0.29) is 0 Å². The molecular formula is C9H19ClSi. The van der Waals surface area contributed by atoms with Crippen LogP contribution in [-0.2, 0) is 0 Å². The fourth-order valence-corrected chi connectivity index (χ4v) is 2.31. The quantitative estimate of drug-likeness (QED) is 0.351. The standard InChI is InChI=1S/C9H19ClSi/c1-4-5-6-7-8-11(2,3)9-10/h5-6H,4,7-9H2,1-3H3. The van der Waals surface area contributed by atoms with E-state index in [9.17, 15) is 0 Å². The van der Waals surface area contributed by atoms with Crippen molar-refractivity contribution in [1.29, 1.82) is 0 Å². The highest BCUT2D eigenvalue weighted by molar-refractivity contribution is 6.83. The summed E-state index contributed by atoms with van der Waals surface area (Å²) in [6.07, 6.45) is 6.89. The highest BCUT2D eigenvalue weighted by Crippen LogP contribution is 2.13. The zero-order valence-electron chi connectivity index (χ0n) is 7.86. The Morgan fingerprint density at radius 1 is 1.27 bits per heavy atom. The van der Waals surface area contributed by atoms with Crippen LogP contribution in [-0.4, -0.2) is 13.6 Å². The van der Waals surface area contributed by atoms with Crippen molar-refractivity contribution in [3.05, 3.63) is 12.2 Å². The van der Waals surface area contributed by atoms with Crippen molar-refractivity contribution in [2.75, 3.05) is 5.50 Å². The van der Waals surface area contributed by atoms with Gasteiger partial charge >= 0.3 is 0 Å². The van der Waals surface area contributed by atoms with Gasteiger partial charge in [-0.05, 0) is 12.8 Å². The smallest absolute Gasteiger partial charge is 0.0642 e. The lowest BCUT2D eigenvalue weighted by atomic mass is 10.4. The van der Waals surface area contributed by atoms with Crippen molar-refractivity contribution < 1.29 is 0 Å². The first-order chi connectivity index (χ1) is 5.12. The van der Waals surface area contributed by atoms with Crippen molar-refractivity contribution in [3.63, 3.8) is 0 Å². The van der Waals surface area contributed by atoms with Gasteiger partial charge in [0.1, 0.15) is 0 Å². The first-order valence-electron chi connectivity index (χ1n) is 4.33. The van der Waals surface area contributed by atoms with Crippen molar-refractivity contribution in [1.82, 2.24) is 0 Å². The zero-order valence-corrected chi connectivity index (χ0v) is 9.62. The Morgan fingerprint density at radius 3 is 2.36 bits per heavy atom. The number of allylic oxidation sites excluding steroid dienone is 2. The van der Waals surface area contributed by atoms with Gasteiger partial charge in [-0.1, -0.05) is 38.2 Å². The number of hydrogen-bond acceptors (Lipinski definition) is 0. The summed E-state index contributed by atoms with van der Waals surface area (Å²) in [6.45, 7) is 6.86. The van der Waals surface area contributed by atoms with Gasteiger partial charge < -0.3 is 0 Å². The fraction of sp³-hybridized carbons (Fsp3) is 0.778. The van der Waals surface area contributed by atoms with Crippen LogP contribution in [0.3, 0.4) is 0 Å². The second-order valence-electron chi connectivity index (χ2n) is 3.72. The van der Waals surface area contributed by atoms with E-state index >= 15 is 0 Å². The Balaban J connectivity index is 3.45. The van der Waals surface area contributed by atoms with E-state index < -0.39 is 8.07 Å². The van der Waals surface area contributed by atoms with Gasteiger partial charge in [0, 0.05) is 5.50 Å². The number of hydrogen-bond donors (Lipinski definition) is 0. The van der Waals surface area contributed by atoms with Crippen molar-refractivity contribution in [2.24, 2.45) is 0 Å². The van der Waals surface area contributed by atoms with Gasteiger partial charge in [0.05, 0.1) is 8.07 Å². The molecule has 0 atom stereocenters. The molecule has 0 radical (unpaired) electrons. The summed E-state index contributed by atoms with van der Waals surface area (Å²) in [7, 11) is -1.01. The Hall–Kier alpha value is 0.247. The predicted octanol–water partition coefficient (Wildman–Crippen LogP) is 3.83. The molecule has 0 nitrogen and oxygen atoms in total. The normalized spacial score (nSPS) is 12.7. The summed E-state index contributed by atoms with van der Waals surface area (Å²) in [4.78, 5) is 0. The molecule has 0 N–H and O–H groups in total. The third-order valence-corrected chi connectivity index (χ3v) is 6.29. The minimum Gasteiger partial charge on any atom is -0.130 e. The molecule has 0 aliphatic rings. The Kier molecular flexibility index (Phi) is 5.97. The van der Waals surface area contributed by atoms with Gasteiger partial charge in [0.2, 0.25) is 0 Å². The van der Waals surface area contributed by atoms with E-state index in [2.05, 4.69) is 32.2 Å². The molecule has 0 aromatic carbocycles. The van der Waals surface area contributed by atoms with Crippen molar-refractivity contribution in [2.45, 2.75) is 38.9 Å². The number of alkyl halides is 1. The van der Waals surface area contributed by atoms with E-state index in [1.165, 1.54) is 12.5 Å². The molecule has 2 heteroatoms. The van der Waals surface area contributed by atoms with Crippen molar-refractivity contribution in [3.8, 4) is 0 Å². The van der Waals surface area contributed by atoms with E-state index in [4.69, 9.17) is 11.6 Å². The lowest BCUT2D eigenvalue weighted by Crippen LogP contribution is -2.27. The molecule has 0 rings (SSSR count). The monoisotopic (exact) mass is 190 g/mol. The molecule has 0 saturated heterocycles. The van der Waals surface area contributed by atoms with Crippen LogP contribution in [0.2, 0.25) is 19.1 Å². The van der Waals surface area contributed by atoms with Gasteiger partial charge in [-0.15, -0.1) is 11.6 Å². The molecule has 0 spiro atoms. The largest absolute Gasteiger partial charge is 0.130 e. The van der Waals surface area contributed by atoms with Gasteiger partial charge in [-0.25, -0.2) is 0 Å². The van der Waals surface area contributed by atoms with Crippen molar-refractivity contribution >= 4 is 19.7 Å². The molecule has 0 amide bonds. The third kappa shape index (κ3) is 6.64. The average molecular weight is 191 g/mol. The van der Waals surface area contributed by atoms with Crippen LogP contribution in [0.5, 0.6) is 0 Å². The van der Waals surface area contributed by atoms with Crippen LogP contribution in [0.4, 0.5) is 0 Å². The molecule has 0 fully saturated rings. The molecule has 0 heterocycles. The number of halogens is 1. The van der Waals surface area contributed by atoms with Crippen LogP contribution in [0.15, 0.2) is 12.2 Å². The summed E-state index contributed by atoms with van der Waals surface area (Å²) < 4.78 is 0. The van der Waals surface area contributed by atoms with Gasteiger partial charge in [0.25, 0.3) is 0 Å². The van der Waals surface area contributed by atoms with Crippen LogP contribution in [0.25, 0.3) is 0 Å². The number of rotatable bonds is 5.